The minimum absolute atomic E-state index is 0.156. The zero-order valence-corrected chi connectivity index (χ0v) is 22.0. The smallest absolute Gasteiger partial charge is 0.237 e. The van der Waals surface area contributed by atoms with E-state index in [1.807, 2.05) is 12.1 Å². The molecular formula is C28H26Cl3N3O3. The molecule has 192 valence electrons. The molecule has 5 atom stereocenters. The first-order valence-electron chi connectivity index (χ1n) is 11.8. The van der Waals surface area contributed by atoms with E-state index in [0.717, 1.165) is 11.1 Å². The molecule has 0 radical (unpaired) electrons. The Balaban J connectivity index is 1.89. The van der Waals surface area contributed by atoms with E-state index in [0.29, 0.717) is 20.6 Å². The minimum atomic E-state index is -1.24. The van der Waals surface area contributed by atoms with Crippen molar-refractivity contribution in [3.8, 4) is 6.07 Å². The van der Waals surface area contributed by atoms with E-state index in [1.54, 1.807) is 60.7 Å². The van der Waals surface area contributed by atoms with Gasteiger partial charge in [-0.25, -0.2) is 0 Å². The number of benzene rings is 3. The number of carbonyl (C=O) groups excluding carboxylic acids is 1. The Labute approximate surface area is 230 Å². The molecule has 1 saturated heterocycles. The molecular weight excluding hydrogens is 533 g/mol. The number of aliphatic hydroxyl groups is 2. The molecule has 3 aromatic rings. The molecule has 0 aliphatic carbocycles. The van der Waals surface area contributed by atoms with Crippen molar-refractivity contribution >= 4 is 40.7 Å². The second kappa shape index (κ2) is 11.8. The number of aliphatic hydroxyl groups excluding tert-OH is 2. The van der Waals surface area contributed by atoms with Crippen LogP contribution in [-0.2, 0) is 10.2 Å². The van der Waals surface area contributed by atoms with Crippen LogP contribution in [0.5, 0.6) is 0 Å². The van der Waals surface area contributed by atoms with Crippen molar-refractivity contribution in [1.82, 2.24) is 10.6 Å². The molecule has 0 unspecified atom stereocenters. The summed E-state index contributed by atoms with van der Waals surface area (Å²) in [5.74, 6) is -0.989. The normalized spacial score (nSPS) is 23.8. The highest BCUT2D eigenvalue weighted by molar-refractivity contribution is 6.31. The van der Waals surface area contributed by atoms with Crippen LogP contribution in [-0.4, -0.2) is 41.4 Å². The summed E-state index contributed by atoms with van der Waals surface area (Å²) in [5.41, 5.74) is 0.915. The fraction of sp³-hybridized carbons (Fsp3) is 0.286. The summed E-state index contributed by atoms with van der Waals surface area (Å²) in [5, 5.41) is 37.6. The van der Waals surface area contributed by atoms with E-state index < -0.39 is 36.1 Å². The Bertz CT molecular complexity index is 1300. The van der Waals surface area contributed by atoms with Crippen molar-refractivity contribution in [1.29, 1.82) is 5.26 Å². The van der Waals surface area contributed by atoms with E-state index in [2.05, 4.69) is 16.7 Å². The fourth-order valence-electron chi connectivity index (χ4n) is 5.11. The van der Waals surface area contributed by atoms with E-state index in [4.69, 9.17) is 39.9 Å². The predicted octanol–water partition coefficient (Wildman–Crippen LogP) is 4.76. The summed E-state index contributed by atoms with van der Waals surface area (Å²) in [7, 11) is 0. The number of nitrogens with one attached hydrogen (secondary N) is 2. The average molecular weight is 559 g/mol. The number of nitrogens with zero attached hydrogens (tertiary/aromatic N) is 1. The summed E-state index contributed by atoms with van der Waals surface area (Å²) in [6, 6.07) is 22.6. The number of halogens is 3. The van der Waals surface area contributed by atoms with Crippen LogP contribution in [0.3, 0.4) is 0 Å². The number of nitriles is 1. The molecule has 1 heterocycles. The SMILES string of the molecule is N#C[C@]1(c2ccc(Cl)cc2)[C@H](c2cccc(Cl)c2)N[C@@H](C(=O)NCC[C@H](O)CO)[C@@H]1c1cccc(Cl)c1. The molecule has 0 aromatic heterocycles. The maximum Gasteiger partial charge on any atom is 0.237 e. The van der Waals surface area contributed by atoms with Gasteiger partial charge in [-0.3, -0.25) is 10.1 Å². The number of rotatable bonds is 8. The molecule has 0 spiro atoms. The highest BCUT2D eigenvalue weighted by atomic mass is 35.5. The Hall–Kier alpha value is -2.63. The van der Waals surface area contributed by atoms with Gasteiger partial charge in [-0.05, 0) is 59.5 Å². The van der Waals surface area contributed by atoms with Crippen molar-refractivity contribution in [3.05, 3.63) is 105 Å². The van der Waals surface area contributed by atoms with Crippen LogP contribution in [0.15, 0.2) is 72.8 Å². The highest BCUT2D eigenvalue weighted by Crippen LogP contribution is 2.54. The lowest BCUT2D eigenvalue weighted by Crippen LogP contribution is -2.45. The lowest BCUT2D eigenvalue weighted by molar-refractivity contribution is -0.123. The third-order valence-corrected chi connectivity index (χ3v) is 7.51. The third kappa shape index (κ3) is 5.63. The summed E-state index contributed by atoms with van der Waals surface area (Å²) < 4.78 is 0. The maximum atomic E-state index is 13.6. The quantitative estimate of drug-likeness (QED) is 0.319. The Morgan fingerprint density at radius 3 is 2.22 bits per heavy atom. The van der Waals surface area contributed by atoms with E-state index in [1.165, 1.54) is 0 Å². The van der Waals surface area contributed by atoms with Gasteiger partial charge in [-0.1, -0.05) is 71.2 Å². The van der Waals surface area contributed by atoms with Crippen molar-refractivity contribution in [2.45, 2.75) is 35.9 Å². The van der Waals surface area contributed by atoms with Crippen LogP contribution in [0.25, 0.3) is 0 Å². The molecule has 1 aliphatic rings. The lowest BCUT2D eigenvalue weighted by atomic mass is 9.64. The van der Waals surface area contributed by atoms with E-state index >= 15 is 0 Å². The number of hydrogen-bond donors (Lipinski definition) is 4. The topological polar surface area (TPSA) is 105 Å². The van der Waals surface area contributed by atoms with Gasteiger partial charge in [-0.2, -0.15) is 5.26 Å². The van der Waals surface area contributed by atoms with Gasteiger partial charge in [0.05, 0.1) is 30.9 Å². The van der Waals surface area contributed by atoms with Gasteiger partial charge < -0.3 is 15.5 Å². The predicted molar refractivity (Wildman–Crippen MR) is 145 cm³/mol. The van der Waals surface area contributed by atoms with Crippen molar-refractivity contribution in [2.24, 2.45) is 0 Å². The van der Waals surface area contributed by atoms with Crippen molar-refractivity contribution in [2.75, 3.05) is 13.2 Å². The fourth-order valence-corrected chi connectivity index (χ4v) is 5.63. The van der Waals surface area contributed by atoms with Gasteiger partial charge in [0.2, 0.25) is 5.91 Å². The Morgan fingerprint density at radius 2 is 1.62 bits per heavy atom. The van der Waals surface area contributed by atoms with E-state index in [9.17, 15) is 15.2 Å². The summed E-state index contributed by atoms with van der Waals surface area (Å²) in [4.78, 5) is 13.6. The molecule has 37 heavy (non-hydrogen) atoms. The Morgan fingerprint density at radius 1 is 1.00 bits per heavy atom. The molecule has 4 N–H and O–H groups in total. The second-order valence-corrected chi connectivity index (χ2v) is 10.4. The van der Waals surface area contributed by atoms with Crippen LogP contribution < -0.4 is 10.6 Å². The highest BCUT2D eigenvalue weighted by Gasteiger charge is 2.59. The van der Waals surface area contributed by atoms with Crippen LogP contribution in [0, 0.1) is 11.3 Å². The average Bonchev–Trinajstić information content (AvgIpc) is 3.25. The Kier molecular flexibility index (Phi) is 8.76. The summed E-state index contributed by atoms with van der Waals surface area (Å²) in [6.07, 6.45) is -0.748. The van der Waals surface area contributed by atoms with Crippen LogP contribution >= 0.6 is 34.8 Å². The van der Waals surface area contributed by atoms with Gasteiger partial charge in [0.25, 0.3) is 0 Å². The van der Waals surface area contributed by atoms with Crippen LogP contribution in [0.2, 0.25) is 15.1 Å². The van der Waals surface area contributed by atoms with Gasteiger partial charge in [0.15, 0.2) is 0 Å². The zero-order valence-electron chi connectivity index (χ0n) is 19.7. The molecule has 1 fully saturated rings. The van der Waals surface area contributed by atoms with Crippen LogP contribution in [0.4, 0.5) is 0 Å². The molecule has 0 bridgehead atoms. The monoisotopic (exact) mass is 557 g/mol. The molecule has 4 rings (SSSR count). The molecule has 0 saturated carbocycles. The standard InChI is InChI=1S/C28H26Cl3N3O3/c29-20-9-7-19(8-10-20)28(16-32)24(17-3-1-5-21(30)13-17)25(27(37)33-12-11-23(36)15-35)34-26(28)18-4-2-6-22(31)14-18/h1-10,13-14,23-26,34-36H,11-12,15H2,(H,33,37)/t23-,24-,25+,26-,28+/m0/s1. The maximum absolute atomic E-state index is 13.6. The molecule has 6 nitrogen and oxygen atoms in total. The first-order valence-corrected chi connectivity index (χ1v) is 12.9. The molecule has 1 aliphatic heterocycles. The lowest BCUT2D eigenvalue weighted by Gasteiger charge is -2.35. The number of amides is 1. The molecule has 9 heteroatoms. The largest absolute Gasteiger partial charge is 0.394 e. The minimum Gasteiger partial charge on any atom is -0.394 e. The number of hydrogen-bond acceptors (Lipinski definition) is 5. The number of carbonyl (C=O) groups is 1. The van der Waals surface area contributed by atoms with Crippen molar-refractivity contribution < 1.29 is 15.0 Å². The summed E-state index contributed by atoms with van der Waals surface area (Å²) in [6.45, 7) is -0.239. The van der Waals surface area contributed by atoms with Gasteiger partial charge in [0, 0.05) is 27.5 Å². The molecule has 3 aromatic carbocycles. The first kappa shape index (κ1) is 27.4. The van der Waals surface area contributed by atoms with Gasteiger partial charge >= 0.3 is 0 Å². The van der Waals surface area contributed by atoms with Crippen LogP contribution in [0.1, 0.15) is 35.1 Å². The zero-order chi connectivity index (χ0) is 26.6. The first-order chi connectivity index (χ1) is 17.8. The van der Waals surface area contributed by atoms with E-state index in [-0.39, 0.29) is 18.9 Å². The third-order valence-electron chi connectivity index (χ3n) is 6.79. The molecule has 1 amide bonds. The van der Waals surface area contributed by atoms with Gasteiger partial charge in [-0.15, -0.1) is 0 Å². The summed E-state index contributed by atoms with van der Waals surface area (Å²) >= 11 is 18.9. The second-order valence-electron chi connectivity index (χ2n) is 9.07. The van der Waals surface area contributed by atoms with Crippen molar-refractivity contribution in [3.63, 3.8) is 0 Å². The van der Waals surface area contributed by atoms with Gasteiger partial charge in [0.1, 0.15) is 5.41 Å².